The van der Waals surface area contributed by atoms with Crippen molar-refractivity contribution >= 4 is 40.7 Å². The molecule has 5 nitrogen and oxygen atoms in total. The molecule has 2 aromatic carbocycles. The lowest BCUT2D eigenvalue weighted by atomic mass is 9.90. The van der Waals surface area contributed by atoms with Crippen molar-refractivity contribution in [3.63, 3.8) is 0 Å². The first-order chi connectivity index (χ1) is 14.0. The van der Waals surface area contributed by atoms with Gasteiger partial charge in [-0.25, -0.2) is 0 Å². The van der Waals surface area contributed by atoms with E-state index in [1.54, 1.807) is 0 Å². The van der Waals surface area contributed by atoms with Gasteiger partial charge in [-0.3, -0.25) is 9.20 Å². The molecule has 2 N–H and O–H groups in total. The first-order valence-electron chi connectivity index (χ1n) is 10.2. The SMILES string of the molecule is CCNC(=NCCS(=O)Cc1ccccc1)NC1CC(C)(C)Oc2ccccc21.I. The minimum atomic E-state index is -0.929. The fourth-order valence-electron chi connectivity index (χ4n) is 3.51. The van der Waals surface area contributed by atoms with Gasteiger partial charge in [-0.05, 0) is 32.4 Å². The molecule has 30 heavy (non-hydrogen) atoms. The van der Waals surface area contributed by atoms with Crippen molar-refractivity contribution < 1.29 is 8.95 Å². The normalized spacial score (nSPS) is 18.4. The molecule has 2 unspecified atom stereocenters. The molecule has 0 spiro atoms. The van der Waals surface area contributed by atoms with E-state index in [-0.39, 0.29) is 35.6 Å². The van der Waals surface area contributed by atoms with Gasteiger partial charge in [0, 0.05) is 40.8 Å². The van der Waals surface area contributed by atoms with E-state index < -0.39 is 10.8 Å². The van der Waals surface area contributed by atoms with E-state index >= 15 is 0 Å². The first-order valence-corrected chi connectivity index (χ1v) is 11.7. The predicted octanol–water partition coefficient (Wildman–Crippen LogP) is 4.41. The van der Waals surface area contributed by atoms with Crippen molar-refractivity contribution in [2.24, 2.45) is 4.99 Å². The zero-order chi connectivity index (χ0) is 20.7. The van der Waals surface area contributed by atoms with Crippen LogP contribution in [0.4, 0.5) is 0 Å². The molecule has 0 amide bonds. The highest BCUT2D eigenvalue weighted by Crippen LogP contribution is 2.39. The highest BCUT2D eigenvalue weighted by atomic mass is 127. The van der Waals surface area contributed by atoms with Gasteiger partial charge in [-0.15, -0.1) is 24.0 Å². The maximum absolute atomic E-state index is 12.4. The lowest BCUT2D eigenvalue weighted by molar-refractivity contribution is 0.0694. The third-order valence-electron chi connectivity index (χ3n) is 4.79. The second kappa shape index (κ2) is 11.7. The van der Waals surface area contributed by atoms with Crippen LogP contribution >= 0.6 is 24.0 Å². The van der Waals surface area contributed by atoms with E-state index in [1.165, 1.54) is 0 Å². The van der Waals surface area contributed by atoms with Crippen LogP contribution < -0.4 is 15.4 Å². The van der Waals surface area contributed by atoms with Crippen LogP contribution in [-0.4, -0.2) is 34.6 Å². The number of halogens is 1. The zero-order valence-electron chi connectivity index (χ0n) is 17.9. The summed E-state index contributed by atoms with van der Waals surface area (Å²) < 4.78 is 18.5. The summed E-state index contributed by atoms with van der Waals surface area (Å²) in [6, 6.07) is 18.2. The van der Waals surface area contributed by atoms with Crippen molar-refractivity contribution in [1.29, 1.82) is 0 Å². The van der Waals surface area contributed by atoms with Crippen LogP contribution in [0.3, 0.4) is 0 Å². The first kappa shape index (κ1) is 24.7. The maximum Gasteiger partial charge on any atom is 0.191 e. The number of fused-ring (bicyclic) bond motifs is 1. The molecule has 2 atom stereocenters. The molecular formula is C23H32IN3O2S. The van der Waals surface area contributed by atoms with Gasteiger partial charge in [0.05, 0.1) is 12.6 Å². The van der Waals surface area contributed by atoms with E-state index in [1.807, 2.05) is 55.5 Å². The minimum absolute atomic E-state index is 0. The molecule has 1 aliphatic rings. The molecule has 3 rings (SSSR count). The number of hydrogen-bond donors (Lipinski definition) is 2. The second-order valence-electron chi connectivity index (χ2n) is 7.84. The lowest BCUT2D eigenvalue weighted by Gasteiger charge is -2.38. The van der Waals surface area contributed by atoms with E-state index in [9.17, 15) is 4.21 Å². The van der Waals surface area contributed by atoms with Crippen LogP contribution in [-0.2, 0) is 16.6 Å². The van der Waals surface area contributed by atoms with Gasteiger partial charge in [0.2, 0.25) is 0 Å². The van der Waals surface area contributed by atoms with Crippen LogP contribution in [0.15, 0.2) is 59.6 Å². The molecule has 7 heteroatoms. The molecule has 0 radical (unpaired) electrons. The summed E-state index contributed by atoms with van der Waals surface area (Å²) >= 11 is 0. The Kier molecular flexibility index (Phi) is 9.61. The molecule has 0 aliphatic carbocycles. The number of nitrogens with one attached hydrogen (secondary N) is 2. The number of aliphatic imine (C=N–C) groups is 1. The van der Waals surface area contributed by atoms with E-state index in [0.29, 0.717) is 18.1 Å². The van der Waals surface area contributed by atoms with Crippen molar-refractivity contribution in [2.45, 2.75) is 44.6 Å². The molecule has 1 heterocycles. The number of hydrogen-bond acceptors (Lipinski definition) is 3. The maximum atomic E-state index is 12.4. The predicted molar refractivity (Wildman–Crippen MR) is 136 cm³/mol. The number of ether oxygens (including phenoxy) is 1. The Bertz CT molecular complexity index is 859. The summed E-state index contributed by atoms with van der Waals surface area (Å²) in [6.45, 7) is 7.55. The number of nitrogens with zero attached hydrogens (tertiary/aromatic N) is 1. The summed E-state index contributed by atoms with van der Waals surface area (Å²) in [5, 5.41) is 6.86. The van der Waals surface area contributed by atoms with Gasteiger partial charge < -0.3 is 15.4 Å². The van der Waals surface area contributed by atoms with Gasteiger partial charge in [0.1, 0.15) is 11.4 Å². The Labute approximate surface area is 199 Å². The summed E-state index contributed by atoms with van der Waals surface area (Å²) in [7, 11) is -0.929. The average Bonchev–Trinajstić information content (AvgIpc) is 2.68. The smallest absolute Gasteiger partial charge is 0.191 e. The third kappa shape index (κ3) is 7.27. The Morgan fingerprint density at radius 1 is 1.17 bits per heavy atom. The topological polar surface area (TPSA) is 62.7 Å². The van der Waals surface area contributed by atoms with Crippen LogP contribution in [0.2, 0.25) is 0 Å². The molecule has 0 bridgehead atoms. The fourth-order valence-corrected chi connectivity index (χ4v) is 4.51. The number of para-hydroxylation sites is 1. The Morgan fingerprint density at radius 3 is 2.60 bits per heavy atom. The summed E-state index contributed by atoms with van der Waals surface area (Å²) in [4.78, 5) is 4.67. The second-order valence-corrected chi connectivity index (χ2v) is 9.41. The van der Waals surface area contributed by atoms with E-state index in [2.05, 4.69) is 35.5 Å². The van der Waals surface area contributed by atoms with Crippen molar-refractivity contribution in [3.05, 3.63) is 65.7 Å². The Morgan fingerprint density at radius 2 is 1.87 bits per heavy atom. The van der Waals surface area contributed by atoms with Crippen LogP contribution in [0.5, 0.6) is 5.75 Å². The third-order valence-corrected chi connectivity index (χ3v) is 6.08. The lowest BCUT2D eigenvalue weighted by Crippen LogP contribution is -2.45. The van der Waals surface area contributed by atoms with Gasteiger partial charge in [-0.2, -0.15) is 0 Å². The number of guanidine groups is 1. The summed E-state index contributed by atoms with van der Waals surface area (Å²) in [5.74, 6) is 2.78. The molecule has 0 aromatic heterocycles. The van der Waals surface area contributed by atoms with Crippen molar-refractivity contribution in [1.82, 2.24) is 10.6 Å². The standard InChI is InChI=1S/C23H31N3O2S.HI/c1-4-24-22(25-14-15-29(27)17-18-10-6-5-7-11-18)26-20-16-23(2,3)28-21-13-9-8-12-19(20)21;/h5-13,20H,4,14-17H2,1-3H3,(H2,24,25,26);1H. The summed E-state index contributed by atoms with van der Waals surface area (Å²) in [6.07, 6.45) is 0.842. The summed E-state index contributed by atoms with van der Waals surface area (Å²) in [5.41, 5.74) is 1.99. The minimum Gasteiger partial charge on any atom is -0.487 e. The molecule has 164 valence electrons. The Balaban J connectivity index is 0.00000320. The largest absolute Gasteiger partial charge is 0.487 e. The highest BCUT2D eigenvalue weighted by Gasteiger charge is 2.33. The van der Waals surface area contributed by atoms with Crippen LogP contribution in [0, 0.1) is 0 Å². The molecule has 0 saturated heterocycles. The van der Waals surface area contributed by atoms with Gasteiger partial charge in [0.25, 0.3) is 0 Å². The quantitative estimate of drug-likeness (QED) is 0.310. The van der Waals surface area contributed by atoms with Crippen LogP contribution in [0.25, 0.3) is 0 Å². The average molecular weight is 541 g/mol. The number of benzene rings is 2. The van der Waals surface area contributed by atoms with Crippen LogP contribution in [0.1, 0.15) is 44.4 Å². The Hall–Kier alpha value is -1.61. The number of rotatable bonds is 7. The molecular weight excluding hydrogens is 509 g/mol. The van der Waals surface area contributed by atoms with E-state index in [0.717, 1.165) is 35.8 Å². The molecule has 2 aromatic rings. The highest BCUT2D eigenvalue weighted by molar-refractivity contribution is 14.0. The zero-order valence-corrected chi connectivity index (χ0v) is 21.0. The molecule has 0 saturated carbocycles. The molecule has 1 aliphatic heterocycles. The monoisotopic (exact) mass is 541 g/mol. The van der Waals surface area contributed by atoms with Gasteiger partial charge in [-0.1, -0.05) is 48.5 Å². The molecule has 0 fully saturated rings. The van der Waals surface area contributed by atoms with Gasteiger partial charge >= 0.3 is 0 Å². The fraction of sp³-hybridized carbons (Fsp3) is 0.435. The van der Waals surface area contributed by atoms with Crippen molar-refractivity contribution in [3.8, 4) is 5.75 Å². The van der Waals surface area contributed by atoms with Crippen molar-refractivity contribution in [2.75, 3.05) is 18.8 Å². The van der Waals surface area contributed by atoms with E-state index in [4.69, 9.17) is 4.74 Å². The van der Waals surface area contributed by atoms with Gasteiger partial charge in [0.15, 0.2) is 5.96 Å².